The van der Waals surface area contributed by atoms with Gasteiger partial charge in [0.2, 0.25) is 10.0 Å². The smallest absolute Gasteiger partial charge is 0.238 e. The van der Waals surface area contributed by atoms with Gasteiger partial charge in [0, 0.05) is 24.2 Å². The molecule has 5 nitrogen and oxygen atoms in total. The topological polar surface area (TPSA) is 74.9 Å². The van der Waals surface area contributed by atoms with E-state index in [1.807, 2.05) is 60.3 Å². The van der Waals surface area contributed by atoms with Crippen LogP contribution in [0.15, 0.2) is 48.7 Å². The van der Waals surface area contributed by atoms with E-state index in [0.29, 0.717) is 17.2 Å². The molecular weight excluding hydrogens is 370 g/mol. The molecule has 142 valence electrons. The fourth-order valence-electron chi connectivity index (χ4n) is 4.29. The van der Waals surface area contributed by atoms with Gasteiger partial charge < -0.3 is 4.57 Å². The summed E-state index contributed by atoms with van der Waals surface area (Å²) in [6.45, 7) is 0. The van der Waals surface area contributed by atoms with Gasteiger partial charge in [0.1, 0.15) is 0 Å². The van der Waals surface area contributed by atoms with Gasteiger partial charge in [-0.25, -0.2) is 8.42 Å². The molecule has 6 heteroatoms. The molecule has 2 aliphatic carbocycles. The maximum Gasteiger partial charge on any atom is 0.238 e. The first kappa shape index (κ1) is 17.3. The largest absolute Gasteiger partial charge is 0.350 e. The van der Waals surface area contributed by atoms with Crippen molar-refractivity contribution in [2.45, 2.75) is 30.4 Å². The third-order valence-electron chi connectivity index (χ3n) is 6.17. The van der Waals surface area contributed by atoms with Crippen LogP contribution >= 0.6 is 0 Å². The van der Waals surface area contributed by atoms with Crippen LogP contribution in [0.3, 0.4) is 0 Å². The van der Waals surface area contributed by atoms with Gasteiger partial charge in [-0.2, -0.15) is 5.26 Å². The van der Waals surface area contributed by atoms with Gasteiger partial charge in [0.25, 0.3) is 0 Å². The zero-order valence-electron chi connectivity index (χ0n) is 15.6. The summed E-state index contributed by atoms with van der Waals surface area (Å²) in [4.78, 5) is 0. The number of nitrogens with one attached hydrogen (secondary N) is 1. The molecule has 1 N–H and O–H groups in total. The van der Waals surface area contributed by atoms with Crippen LogP contribution in [-0.4, -0.2) is 17.7 Å². The molecule has 5 rings (SSSR count). The zero-order chi connectivity index (χ0) is 19.5. The third kappa shape index (κ3) is 2.61. The van der Waals surface area contributed by atoms with Crippen molar-refractivity contribution in [1.29, 1.82) is 5.26 Å². The maximum atomic E-state index is 12.9. The molecule has 0 amide bonds. The molecule has 0 radical (unpaired) electrons. The van der Waals surface area contributed by atoms with Crippen LogP contribution < -0.4 is 4.72 Å². The molecule has 0 saturated heterocycles. The second kappa shape index (κ2) is 5.86. The molecule has 3 aromatic rings. The lowest BCUT2D eigenvalue weighted by Crippen LogP contribution is -2.31. The fraction of sp³-hybridized carbons (Fsp3) is 0.318. The molecule has 0 unspecified atom stereocenters. The molecule has 28 heavy (non-hydrogen) atoms. The van der Waals surface area contributed by atoms with Crippen LogP contribution in [0.5, 0.6) is 0 Å². The second-order valence-corrected chi connectivity index (χ2v) is 10.0. The van der Waals surface area contributed by atoms with Crippen molar-refractivity contribution in [3.63, 3.8) is 0 Å². The summed E-state index contributed by atoms with van der Waals surface area (Å²) >= 11 is 0. The predicted molar refractivity (Wildman–Crippen MR) is 110 cm³/mol. The molecule has 0 spiro atoms. The molecule has 2 aliphatic rings. The quantitative estimate of drug-likeness (QED) is 0.700. The fourth-order valence-corrected chi connectivity index (χ4v) is 6.24. The van der Waals surface area contributed by atoms with E-state index in [1.165, 1.54) is 0 Å². The number of hydrogen-bond donors (Lipinski definition) is 1. The number of aromatic nitrogens is 1. The van der Waals surface area contributed by atoms with Gasteiger partial charge in [-0.15, -0.1) is 0 Å². The minimum absolute atomic E-state index is 0.340. The van der Waals surface area contributed by atoms with E-state index < -0.39 is 14.8 Å². The van der Waals surface area contributed by atoms with Crippen molar-refractivity contribution in [1.82, 2.24) is 4.57 Å². The Morgan fingerprint density at radius 3 is 2.46 bits per heavy atom. The van der Waals surface area contributed by atoms with Crippen LogP contribution in [0.1, 0.15) is 31.2 Å². The molecule has 2 saturated carbocycles. The standard InChI is InChI=1S/C22H21N3O2S/c1-25-14-20(16-4-2-15(13-23)3-5-16)19-9-8-18(12-21(19)25)24-28(26,27)22(10-11-22)17-6-7-17/h2-5,8-9,12,14,17,24H,6-7,10-11H2,1H3. The van der Waals surface area contributed by atoms with Gasteiger partial charge >= 0.3 is 0 Å². The monoisotopic (exact) mass is 391 g/mol. The lowest BCUT2D eigenvalue weighted by Gasteiger charge is -2.17. The van der Waals surface area contributed by atoms with E-state index in [-0.39, 0.29) is 0 Å². The highest BCUT2D eigenvalue weighted by molar-refractivity contribution is 7.94. The van der Waals surface area contributed by atoms with E-state index in [1.54, 1.807) is 0 Å². The van der Waals surface area contributed by atoms with Crippen LogP contribution in [0.4, 0.5) is 5.69 Å². The number of aryl methyl sites for hydroxylation is 1. The average molecular weight is 391 g/mol. The lowest BCUT2D eigenvalue weighted by atomic mass is 10.0. The van der Waals surface area contributed by atoms with Gasteiger partial charge in [-0.1, -0.05) is 18.2 Å². The first-order valence-corrected chi connectivity index (χ1v) is 11.0. The van der Waals surface area contributed by atoms with Gasteiger partial charge in [0.15, 0.2) is 0 Å². The van der Waals surface area contributed by atoms with E-state index in [0.717, 1.165) is 47.7 Å². The Bertz CT molecular complexity index is 1230. The van der Waals surface area contributed by atoms with Crippen LogP contribution in [0.25, 0.3) is 22.0 Å². The molecule has 2 aromatic carbocycles. The molecule has 2 fully saturated rings. The molecule has 0 bridgehead atoms. The Labute approximate surface area is 164 Å². The van der Waals surface area contributed by atoms with Gasteiger partial charge in [0.05, 0.1) is 27.6 Å². The summed E-state index contributed by atoms with van der Waals surface area (Å²) in [5.41, 5.74) is 4.31. The van der Waals surface area contributed by atoms with Crippen molar-refractivity contribution >= 4 is 26.6 Å². The lowest BCUT2D eigenvalue weighted by molar-refractivity contribution is 0.568. The Kier molecular flexibility index (Phi) is 3.62. The zero-order valence-corrected chi connectivity index (χ0v) is 16.5. The van der Waals surface area contributed by atoms with Crippen molar-refractivity contribution in [3.05, 3.63) is 54.2 Å². The van der Waals surface area contributed by atoms with Crippen LogP contribution in [0, 0.1) is 17.2 Å². The van der Waals surface area contributed by atoms with Crippen molar-refractivity contribution < 1.29 is 8.42 Å². The number of sulfonamides is 1. The van der Waals surface area contributed by atoms with E-state index in [2.05, 4.69) is 10.8 Å². The normalized spacial score (nSPS) is 18.0. The predicted octanol–water partition coefficient (Wildman–Crippen LogP) is 4.40. The summed E-state index contributed by atoms with van der Waals surface area (Å²) in [5.74, 6) is 0.340. The van der Waals surface area contributed by atoms with E-state index in [9.17, 15) is 8.42 Å². The number of hydrogen-bond acceptors (Lipinski definition) is 3. The summed E-state index contributed by atoms with van der Waals surface area (Å²) < 4.78 is 30.2. The number of benzene rings is 2. The van der Waals surface area contributed by atoms with Gasteiger partial charge in [-0.05, 0) is 61.4 Å². The summed E-state index contributed by atoms with van der Waals surface area (Å²) in [6.07, 6.45) is 5.67. The summed E-state index contributed by atoms with van der Waals surface area (Å²) in [6, 6.07) is 15.4. The SMILES string of the molecule is Cn1cc(-c2ccc(C#N)cc2)c2ccc(NS(=O)(=O)C3(C4CC4)CC3)cc21. The van der Waals surface area contributed by atoms with Gasteiger partial charge in [-0.3, -0.25) is 4.72 Å². The second-order valence-electron chi connectivity index (χ2n) is 8.02. The number of nitrogens with zero attached hydrogens (tertiary/aromatic N) is 2. The van der Waals surface area contributed by atoms with Crippen molar-refractivity contribution in [2.75, 3.05) is 4.72 Å². The highest BCUT2D eigenvalue weighted by Crippen LogP contribution is 2.59. The summed E-state index contributed by atoms with van der Waals surface area (Å²) in [5, 5.41) is 10.0. The number of rotatable bonds is 5. The molecule has 0 atom stereocenters. The third-order valence-corrected chi connectivity index (χ3v) is 8.48. The van der Waals surface area contributed by atoms with Crippen LogP contribution in [-0.2, 0) is 17.1 Å². The molecule has 0 aliphatic heterocycles. The minimum Gasteiger partial charge on any atom is -0.350 e. The molecule has 1 aromatic heterocycles. The highest BCUT2D eigenvalue weighted by Gasteiger charge is 2.63. The van der Waals surface area contributed by atoms with E-state index >= 15 is 0 Å². The van der Waals surface area contributed by atoms with E-state index in [4.69, 9.17) is 5.26 Å². The maximum absolute atomic E-state index is 12.9. The minimum atomic E-state index is -3.36. The summed E-state index contributed by atoms with van der Waals surface area (Å²) in [7, 11) is -1.40. The Balaban J connectivity index is 1.50. The molecular formula is C22H21N3O2S. The Hall–Kier alpha value is -2.78. The Morgan fingerprint density at radius 1 is 1.14 bits per heavy atom. The Morgan fingerprint density at radius 2 is 1.86 bits per heavy atom. The first-order chi connectivity index (χ1) is 13.4. The van der Waals surface area contributed by atoms with Crippen molar-refractivity contribution in [3.8, 4) is 17.2 Å². The number of fused-ring (bicyclic) bond motifs is 1. The number of nitriles is 1. The first-order valence-electron chi connectivity index (χ1n) is 9.55. The van der Waals surface area contributed by atoms with Crippen LogP contribution in [0.2, 0.25) is 0 Å². The number of anilines is 1. The molecule has 1 heterocycles. The van der Waals surface area contributed by atoms with Crippen molar-refractivity contribution in [2.24, 2.45) is 13.0 Å². The average Bonchev–Trinajstić information content (AvgIpc) is 3.58. The highest BCUT2D eigenvalue weighted by atomic mass is 32.2.